The molecule has 0 bridgehead atoms. The Hall–Kier alpha value is -0.0800. The van der Waals surface area contributed by atoms with Crippen LogP contribution >= 0.6 is 0 Å². The highest BCUT2D eigenvalue weighted by Crippen LogP contribution is 2.30. The molecule has 3 unspecified atom stereocenters. The van der Waals surface area contributed by atoms with Crippen molar-refractivity contribution in [3.8, 4) is 0 Å². The molecule has 2 heteroatoms. The molecule has 2 N–H and O–H groups in total. The number of rotatable bonds is 5. The third-order valence-corrected chi connectivity index (χ3v) is 4.26. The maximum atomic E-state index is 8.99. The lowest BCUT2D eigenvalue weighted by molar-refractivity contribution is 0.180. The van der Waals surface area contributed by atoms with Gasteiger partial charge in [0, 0.05) is 19.2 Å². The molecule has 1 aliphatic carbocycles. The Balaban J connectivity index is 2.28. The molecule has 0 amide bonds. The smallest absolute Gasteiger partial charge is 0.0436 e. The number of nitrogens with one attached hydrogen (secondary N) is 1. The van der Waals surface area contributed by atoms with Gasteiger partial charge in [0.1, 0.15) is 0 Å². The lowest BCUT2D eigenvalue weighted by Gasteiger charge is -2.35. The summed E-state index contributed by atoms with van der Waals surface area (Å²) in [6.07, 6.45) is 4.88. The molecule has 0 heterocycles. The maximum Gasteiger partial charge on any atom is 0.0436 e. The first-order valence-electron chi connectivity index (χ1n) is 6.79. The summed E-state index contributed by atoms with van der Waals surface area (Å²) in [6.45, 7) is 10.5. The number of hydrogen-bond donors (Lipinski definition) is 2. The van der Waals surface area contributed by atoms with E-state index in [-0.39, 0.29) is 5.41 Å². The van der Waals surface area contributed by atoms with Gasteiger partial charge >= 0.3 is 0 Å². The second-order valence-corrected chi connectivity index (χ2v) is 6.48. The highest BCUT2D eigenvalue weighted by Gasteiger charge is 2.26. The predicted molar refractivity (Wildman–Crippen MR) is 69.5 cm³/mol. The third-order valence-electron chi connectivity index (χ3n) is 4.26. The minimum absolute atomic E-state index is 0.223. The van der Waals surface area contributed by atoms with Gasteiger partial charge < -0.3 is 10.4 Å². The van der Waals surface area contributed by atoms with Crippen LogP contribution in [-0.2, 0) is 0 Å². The van der Waals surface area contributed by atoms with E-state index in [0.717, 1.165) is 24.8 Å². The molecule has 16 heavy (non-hydrogen) atoms. The van der Waals surface area contributed by atoms with E-state index in [1.165, 1.54) is 19.3 Å². The molecule has 1 rings (SSSR count). The first kappa shape index (κ1) is 14.0. The van der Waals surface area contributed by atoms with Gasteiger partial charge in [-0.25, -0.2) is 0 Å². The van der Waals surface area contributed by atoms with Crippen LogP contribution in [0.25, 0.3) is 0 Å². The van der Waals surface area contributed by atoms with Crippen LogP contribution in [-0.4, -0.2) is 24.3 Å². The molecule has 0 radical (unpaired) electrons. The van der Waals surface area contributed by atoms with Crippen LogP contribution in [0.1, 0.15) is 53.4 Å². The van der Waals surface area contributed by atoms with Gasteiger partial charge in [-0.2, -0.15) is 0 Å². The first-order chi connectivity index (χ1) is 7.44. The monoisotopic (exact) mass is 227 g/mol. The Labute approximate surface area is 101 Å². The van der Waals surface area contributed by atoms with Crippen molar-refractivity contribution in [3.05, 3.63) is 0 Å². The lowest BCUT2D eigenvalue weighted by Crippen LogP contribution is -2.41. The third kappa shape index (κ3) is 4.42. The fraction of sp³-hybridized carbons (Fsp3) is 1.00. The molecule has 1 saturated carbocycles. The van der Waals surface area contributed by atoms with Crippen molar-refractivity contribution in [2.24, 2.45) is 17.3 Å². The highest BCUT2D eigenvalue weighted by atomic mass is 16.3. The molecule has 0 aliphatic heterocycles. The van der Waals surface area contributed by atoms with Crippen molar-refractivity contribution in [1.29, 1.82) is 0 Å². The number of hydrogen-bond acceptors (Lipinski definition) is 2. The fourth-order valence-corrected chi connectivity index (χ4v) is 2.54. The van der Waals surface area contributed by atoms with Crippen molar-refractivity contribution in [1.82, 2.24) is 5.32 Å². The Bertz CT molecular complexity index is 203. The van der Waals surface area contributed by atoms with Crippen LogP contribution in [0, 0.1) is 17.3 Å². The van der Waals surface area contributed by atoms with Crippen LogP contribution in [0.4, 0.5) is 0 Å². The molecule has 96 valence electrons. The van der Waals surface area contributed by atoms with Crippen molar-refractivity contribution in [2.45, 2.75) is 59.4 Å². The van der Waals surface area contributed by atoms with Gasteiger partial charge in [-0.1, -0.05) is 27.7 Å². The molecule has 3 atom stereocenters. The molecular weight excluding hydrogens is 198 g/mol. The van der Waals surface area contributed by atoms with E-state index in [1.54, 1.807) is 0 Å². The van der Waals surface area contributed by atoms with Crippen molar-refractivity contribution >= 4 is 0 Å². The predicted octanol–water partition coefficient (Wildman–Crippen LogP) is 2.81. The molecule has 2 nitrogen and oxygen atoms in total. The van der Waals surface area contributed by atoms with E-state index in [9.17, 15) is 0 Å². The summed E-state index contributed by atoms with van der Waals surface area (Å²) in [5.41, 5.74) is 0.223. The minimum atomic E-state index is 0.223. The summed E-state index contributed by atoms with van der Waals surface area (Å²) in [5.74, 6) is 1.75. The maximum absolute atomic E-state index is 8.99. The second kappa shape index (κ2) is 6.02. The average molecular weight is 227 g/mol. The summed E-state index contributed by atoms with van der Waals surface area (Å²) in [5, 5.41) is 12.7. The quantitative estimate of drug-likeness (QED) is 0.757. The summed E-state index contributed by atoms with van der Waals surface area (Å²) in [7, 11) is 0. The van der Waals surface area contributed by atoms with Crippen molar-refractivity contribution in [3.63, 3.8) is 0 Å². The minimum Gasteiger partial charge on any atom is -0.396 e. The SMILES string of the molecule is CC1CCC(NCC(C)(C)CCO)CC1C. The summed E-state index contributed by atoms with van der Waals surface area (Å²) in [4.78, 5) is 0. The first-order valence-corrected chi connectivity index (χ1v) is 6.79. The largest absolute Gasteiger partial charge is 0.396 e. The van der Waals surface area contributed by atoms with Crippen LogP contribution in [0.2, 0.25) is 0 Å². The van der Waals surface area contributed by atoms with E-state index in [1.807, 2.05) is 0 Å². The fourth-order valence-electron chi connectivity index (χ4n) is 2.54. The summed E-state index contributed by atoms with van der Waals surface area (Å²) >= 11 is 0. The zero-order chi connectivity index (χ0) is 12.2. The number of aliphatic hydroxyl groups excluding tert-OH is 1. The molecule has 1 fully saturated rings. The Morgan fingerprint density at radius 2 is 1.88 bits per heavy atom. The van der Waals surface area contributed by atoms with Crippen LogP contribution in [0.5, 0.6) is 0 Å². The second-order valence-electron chi connectivity index (χ2n) is 6.48. The zero-order valence-corrected chi connectivity index (χ0v) is 11.4. The molecule has 0 aromatic heterocycles. The normalized spacial score (nSPS) is 31.7. The van der Waals surface area contributed by atoms with Crippen molar-refractivity contribution in [2.75, 3.05) is 13.2 Å². The van der Waals surface area contributed by atoms with E-state index in [0.29, 0.717) is 12.6 Å². The Morgan fingerprint density at radius 1 is 1.19 bits per heavy atom. The molecule has 0 spiro atoms. The highest BCUT2D eigenvalue weighted by molar-refractivity contribution is 4.82. The number of aliphatic hydroxyl groups is 1. The average Bonchev–Trinajstić information content (AvgIpc) is 2.20. The van der Waals surface area contributed by atoms with Gasteiger partial charge in [0.2, 0.25) is 0 Å². The van der Waals surface area contributed by atoms with Gasteiger partial charge in [0.05, 0.1) is 0 Å². The molecule has 0 saturated heterocycles. The Kier molecular flexibility index (Phi) is 5.26. The van der Waals surface area contributed by atoms with Gasteiger partial charge in [0.25, 0.3) is 0 Å². The van der Waals surface area contributed by atoms with Gasteiger partial charge in [-0.05, 0) is 42.9 Å². The molecule has 0 aromatic carbocycles. The molecule has 0 aromatic rings. The lowest BCUT2D eigenvalue weighted by atomic mass is 9.78. The zero-order valence-electron chi connectivity index (χ0n) is 11.4. The standard InChI is InChI=1S/C14H29NO/c1-11-5-6-13(9-12(11)2)15-10-14(3,4)7-8-16/h11-13,15-16H,5-10H2,1-4H3. The van der Waals surface area contributed by atoms with Gasteiger partial charge in [0.15, 0.2) is 0 Å². The van der Waals surface area contributed by atoms with E-state index in [4.69, 9.17) is 5.11 Å². The van der Waals surface area contributed by atoms with E-state index >= 15 is 0 Å². The Morgan fingerprint density at radius 3 is 2.44 bits per heavy atom. The van der Waals surface area contributed by atoms with Crippen molar-refractivity contribution < 1.29 is 5.11 Å². The van der Waals surface area contributed by atoms with Crippen LogP contribution < -0.4 is 5.32 Å². The van der Waals surface area contributed by atoms with Crippen LogP contribution in [0.3, 0.4) is 0 Å². The summed E-state index contributed by atoms with van der Waals surface area (Å²) < 4.78 is 0. The molecule has 1 aliphatic rings. The van der Waals surface area contributed by atoms with E-state index in [2.05, 4.69) is 33.0 Å². The topological polar surface area (TPSA) is 32.3 Å². The summed E-state index contributed by atoms with van der Waals surface area (Å²) in [6, 6.07) is 0.698. The van der Waals surface area contributed by atoms with Gasteiger partial charge in [-0.3, -0.25) is 0 Å². The van der Waals surface area contributed by atoms with Gasteiger partial charge in [-0.15, -0.1) is 0 Å². The van der Waals surface area contributed by atoms with E-state index < -0.39 is 0 Å². The van der Waals surface area contributed by atoms with Crippen LogP contribution in [0.15, 0.2) is 0 Å². The molecular formula is C14H29NO.